The first-order valence-electron chi connectivity index (χ1n) is 5.58. The second-order valence-electron chi connectivity index (χ2n) is 4.87. The van der Waals surface area contributed by atoms with Gasteiger partial charge in [-0.15, -0.1) is 4.73 Å². The van der Waals surface area contributed by atoms with Crippen LogP contribution in [-0.2, 0) is 9.57 Å². The summed E-state index contributed by atoms with van der Waals surface area (Å²) in [4.78, 5) is 27.4. The van der Waals surface area contributed by atoms with Crippen LogP contribution in [0.25, 0.3) is 0 Å². The van der Waals surface area contributed by atoms with E-state index in [2.05, 4.69) is 4.84 Å². The number of ketones is 1. The number of nitrogens with one attached hydrogen (secondary N) is 1. The first-order valence-corrected chi connectivity index (χ1v) is 5.58. The Morgan fingerprint density at radius 2 is 1.95 bits per heavy atom. The smallest absolute Gasteiger partial charge is 0.431 e. The third kappa shape index (κ3) is 4.05. The molecule has 9 heteroatoms. The van der Waals surface area contributed by atoms with Crippen LogP contribution < -0.4 is 5.48 Å². The Morgan fingerprint density at radius 1 is 1.35 bits per heavy atom. The number of hydroxylamine groups is 1. The molecule has 9 nitrogen and oxygen atoms in total. The number of Topliss-reactive ketones (excluding diaryl/α,β-unsaturated/α-hetero) is 1. The topological polar surface area (TPSA) is 130 Å². The summed E-state index contributed by atoms with van der Waals surface area (Å²) in [6.07, 6.45) is -0.878. The van der Waals surface area contributed by atoms with Gasteiger partial charge >= 0.3 is 6.09 Å². The SMILES string of the molecule is CC(C)(C)OC(=O)NOCC(=O)c1cc(O)n(O)c1O. The lowest BCUT2D eigenvalue weighted by atomic mass is 10.2. The summed E-state index contributed by atoms with van der Waals surface area (Å²) in [6.45, 7) is 4.35. The molecule has 0 radical (unpaired) electrons. The maximum absolute atomic E-state index is 11.6. The maximum Gasteiger partial charge on any atom is 0.431 e. The molecule has 0 saturated carbocycles. The quantitative estimate of drug-likeness (QED) is 0.366. The van der Waals surface area contributed by atoms with Crippen molar-refractivity contribution in [3.8, 4) is 11.8 Å². The lowest BCUT2D eigenvalue weighted by Crippen LogP contribution is -2.33. The standard InChI is InChI=1S/C11H16N2O7/c1-11(2,3)20-10(17)12-19-5-7(14)6-4-8(15)13(18)9(6)16/h4,15-16,18H,5H2,1-3H3,(H,12,17). The third-order valence-corrected chi connectivity index (χ3v) is 1.99. The zero-order valence-electron chi connectivity index (χ0n) is 11.2. The van der Waals surface area contributed by atoms with Crippen molar-refractivity contribution in [3.63, 3.8) is 0 Å². The Kier molecular flexibility index (Phi) is 4.45. The van der Waals surface area contributed by atoms with Gasteiger partial charge in [0.15, 0.2) is 5.78 Å². The zero-order chi connectivity index (χ0) is 15.5. The van der Waals surface area contributed by atoms with Gasteiger partial charge in [0.2, 0.25) is 11.8 Å². The Labute approximate surface area is 114 Å². The van der Waals surface area contributed by atoms with Gasteiger partial charge in [-0.2, -0.15) is 5.48 Å². The molecule has 0 atom stereocenters. The number of hydrogen-bond acceptors (Lipinski definition) is 7. The third-order valence-electron chi connectivity index (χ3n) is 1.99. The number of ether oxygens (including phenoxy) is 1. The van der Waals surface area contributed by atoms with E-state index >= 15 is 0 Å². The fourth-order valence-electron chi connectivity index (χ4n) is 1.22. The van der Waals surface area contributed by atoms with Crippen molar-refractivity contribution in [3.05, 3.63) is 11.6 Å². The largest absolute Gasteiger partial charge is 0.492 e. The van der Waals surface area contributed by atoms with E-state index in [0.717, 1.165) is 6.07 Å². The highest BCUT2D eigenvalue weighted by molar-refractivity contribution is 5.99. The van der Waals surface area contributed by atoms with E-state index in [0.29, 0.717) is 0 Å². The molecule has 4 N–H and O–H groups in total. The van der Waals surface area contributed by atoms with E-state index in [1.165, 1.54) is 0 Å². The van der Waals surface area contributed by atoms with Crippen LogP contribution in [0.15, 0.2) is 6.07 Å². The Morgan fingerprint density at radius 3 is 2.40 bits per heavy atom. The summed E-state index contributed by atoms with van der Waals surface area (Å²) in [7, 11) is 0. The number of aromatic hydroxyl groups is 2. The molecular weight excluding hydrogens is 272 g/mol. The number of hydrogen-bond donors (Lipinski definition) is 4. The van der Waals surface area contributed by atoms with Crippen molar-refractivity contribution in [2.24, 2.45) is 0 Å². The highest BCUT2D eigenvalue weighted by Gasteiger charge is 2.21. The lowest BCUT2D eigenvalue weighted by Gasteiger charge is -2.19. The van der Waals surface area contributed by atoms with Crippen molar-refractivity contribution in [2.45, 2.75) is 26.4 Å². The predicted molar refractivity (Wildman–Crippen MR) is 64.6 cm³/mol. The number of aromatic nitrogens is 1. The number of nitrogens with zero attached hydrogens (tertiary/aromatic N) is 1. The molecule has 1 aromatic heterocycles. The first-order chi connectivity index (χ1) is 9.11. The van der Waals surface area contributed by atoms with E-state index < -0.39 is 35.8 Å². The van der Waals surface area contributed by atoms with Gasteiger partial charge in [0.25, 0.3) is 0 Å². The number of amides is 1. The van der Waals surface area contributed by atoms with Crippen LogP contribution in [-0.4, -0.2) is 44.2 Å². The van der Waals surface area contributed by atoms with Gasteiger partial charge < -0.3 is 20.2 Å². The average Bonchev–Trinajstić information content (AvgIpc) is 2.54. The molecule has 1 aromatic rings. The number of rotatable bonds is 4. The van der Waals surface area contributed by atoms with Crippen LogP contribution in [0, 0.1) is 0 Å². The maximum atomic E-state index is 11.6. The fourth-order valence-corrected chi connectivity index (χ4v) is 1.22. The van der Waals surface area contributed by atoms with E-state index in [1.807, 2.05) is 5.48 Å². The molecule has 0 aliphatic carbocycles. The van der Waals surface area contributed by atoms with Gasteiger partial charge in [-0.1, -0.05) is 0 Å². The van der Waals surface area contributed by atoms with E-state index in [4.69, 9.17) is 15.1 Å². The van der Waals surface area contributed by atoms with Crippen LogP contribution >= 0.6 is 0 Å². The van der Waals surface area contributed by atoms with Gasteiger partial charge in [-0.05, 0) is 20.8 Å². The molecule has 112 valence electrons. The van der Waals surface area contributed by atoms with Gasteiger partial charge in [0.1, 0.15) is 12.2 Å². The molecule has 0 spiro atoms. The molecule has 0 fully saturated rings. The van der Waals surface area contributed by atoms with Crippen molar-refractivity contribution in [2.75, 3.05) is 6.61 Å². The molecule has 1 rings (SSSR count). The monoisotopic (exact) mass is 288 g/mol. The summed E-state index contributed by atoms with van der Waals surface area (Å²) in [6, 6.07) is 0.856. The minimum atomic E-state index is -0.878. The zero-order valence-corrected chi connectivity index (χ0v) is 11.2. The molecule has 20 heavy (non-hydrogen) atoms. The molecule has 0 bridgehead atoms. The molecular formula is C11H16N2O7. The second-order valence-corrected chi connectivity index (χ2v) is 4.87. The van der Waals surface area contributed by atoms with Gasteiger partial charge in [0, 0.05) is 6.07 Å². The average molecular weight is 288 g/mol. The van der Waals surface area contributed by atoms with E-state index in [9.17, 15) is 14.7 Å². The first kappa shape index (κ1) is 15.6. The van der Waals surface area contributed by atoms with Crippen LogP contribution in [0.1, 0.15) is 31.1 Å². The highest BCUT2D eigenvalue weighted by atomic mass is 16.7. The van der Waals surface area contributed by atoms with Gasteiger partial charge in [0.05, 0.1) is 5.56 Å². The van der Waals surface area contributed by atoms with Crippen molar-refractivity contribution in [1.29, 1.82) is 0 Å². The highest BCUT2D eigenvalue weighted by Crippen LogP contribution is 2.25. The normalized spacial score (nSPS) is 11.2. The van der Waals surface area contributed by atoms with Crippen LogP contribution in [0.4, 0.5) is 4.79 Å². The number of carbonyl (C=O) groups is 2. The van der Waals surface area contributed by atoms with Crippen molar-refractivity contribution in [1.82, 2.24) is 10.2 Å². The predicted octanol–water partition coefficient (Wildman–Crippen LogP) is 0.776. The number of carbonyl (C=O) groups excluding carboxylic acids is 2. The van der Waals surface area contributed by atoms with E-state index in [-0.39, 0.29) is 10.3 Å². The van der Waals surface area contributed by atoms with Crippen LogP contribution in [0.5, 0.6) is 11.8 Å². The Bertz CT molecular complexity index is 516. The van der Waals surface area contributed by atoms with E-state index in [1.54, 1.807) is 20.8 Å². The minimum absolute atomic E-state index is 0.0362. The van der Waals surface area contributed by atoms with Crippen LogP contribution in [0.3, 0.4) is 0 Å². The Balaban J connectivity index is 2.48. The molecule has 1 heterocycles. The summed E-state index contributed by atoms with van der Waals surface area (Å²) >= 11 is 0. The summed E-state index contributed by atoms with van der Waals surface area (Å²) < 4.78 is 4.89. The van der Waals surface area contributed by atoms with Gasteiger partial charge in [-0.3, -0.25) is 9.63 Å². The summed E-state index contributed by atoms with van der Waals surface area (Å²) in [5.41, 5.74) is 0.822. The Hall–Kier alpha value is -2.42. The lowest BCUT2D eigenvalue weighted by molar-refractivity contribution is -0.00396. The fraction of sp³-hybridized carbons (Fsp3) is 0.455. The van der Waals surface area contributed by atoms with Crippen LogP contribution in [0.2, 0.25) is 0 Å². The van der Waals surface area contributed by atoms with Crippen molar-refractivity contribution < 1.29 is 34.6 Å². The summed E-state index contributed by atoms with van der Waals surface area (Å²) in [5.74, 6) is -2.29. The second kappa shape index (κ2) is 5.70. The molecule has 0 aliphatic rings. The minimum Gasteiger partial charge on any atom is -0.492 e. The molecule has 0 aliphatic heterocycles. The van der Waals surface area contributed by atoms with Gasteiger partial charge in [-0.25, -0.2) is 4.79 Å². The summed E-state index contributed by atoms with van der Waals surface area (Å²) in [5, 5.41) is 27.4. The molecule has 0 saturated heterocycles. The van der Waals surface area contributed by atoms with Crippen molar-refractivity contribution >= 4 is 11.9 Å². The molecule has 1 amide bonds. The molecule has 0 aromatic carbocycles. The molecule has 0 unspecified atom stereocenters.